The lowest BCUT2D eigenvalue weighted by atomic mass is 9.76. The van der Waals surface area contributed by atoms with Gasteiger partial charge in [0.2, 0.25) is 11.8 Å². The van der Waals surface area contributed by atoms with Gasteiger partial charge in [0.1, 0.15) is 6.23 Å². The first kappa shape index (κ1) is 24.2. The van der Waals surface area contributed by atoms with Crippen LogP contribution in [0.5, 0.6) is 0 Å². The first-order valence-corrected chi connectivity index (χ1v) is 12.9. The van der Waals surface area contributed by atoms with Crippen LogP contribution >= 0.6 is 11.6 Å². The van der Waals surface area contributed by atoms with Gasteiger partial charge < -0.3 is 5.32 Å². The molecule has 32 heavy (non-hydrogen) atoms. The van der Waals surface area contributed by atoms with Crippen molar-refractivity contribution in [2.75, 3.05) is 13.1 Å². The van der Waals surface area contributed by atoms with Gasteiger partial charge in [-0.3, -0.25) is 30.5 Å². The lowest BCUT2D eigenvalue weighted by Crippen LogP contribution is -2.64. The highest BCUT2D eigenvalue weighted by Crippen LogP contribution is 2.33. The van der Waals surface area contributed by atoms with Crippen molar-refractivity contribution in [2.45, 2.75) is 94.6 Å². The summed E-state index contributed by atoms with van der Waals surface area (Å²) in [6.45, 7) is 1.25. The Morgan fingerprint density at radius 3 is 2.75 bits per heavy atom. The van der Waals surface area contributed by atoms with Crippen LogP contribution in [0.1, 0.15) is 70.6 Å². The number of halogens is 1. The molecule has 2 saturated heterocycles. The zero-order valence-corrected chi connectivity index (χ0v) is 19.6. The summed E-state index contributed by atoms with van der Waals surface area (Å²) in [6, 6.07) is 0. The van der Waals surface area contributed by atoms with E-state index in [0.29, 0.717) is 36.7 Å². The summed E-state index contributed by atoms with van der Waals surface area (Å²) in [5.41, 5.74) is 9.02. The van der Waals surface area contributed by atoms with Gasteiger partial charge in [-0.2, -0.15) is 5.48 Å². The molecular weight excluding hydrogens is 432 g/mol. The van der Waals surface area contributed by atoms with E-state index in [1.165, 1.54) is 6.42 Å². The average molecular weight is 471 g/mol. The monoisotopic (exact) mass is 470 g/mol. The highest BCUT2D eigenvalue weighted by molar-refractivity contribution is 6.20. The second-order valence-electron chi connectivity index (χ2n) is 9.74. The minimum absolute atomic E-state index is 0.0424. The van der Waals surface area contributed by atoms with Crippen LogP contribution in [0.3, 0.4) is 0 Å². The summed E-state index contributed by atoms with van der Waals surface area (Å²) in [7, 11) is 0. The molecule has 0 bridgehead atoms. The van der Waals surface area contributed by atoms with Crippen molar-refractivity contribution in [1.82, 2.24) is 32.3 Å². The molecule has 2 saturated carbocycles. The smallest absolute Gasteiger partial charge is 0.237 e. The average Bonchev–Trinajstić information content (AvgIpc) is 3.27. The van der Waals surface area contributed by atoms with Gasteiger partial charge in [0, 0.05) is 36.7 Å². The molecule has 182 valence electrons. The topological polar surface area (TPSA) is 116 Å². The number of hydroxylamine groups is 1. The fraction of sp³-hybridized carbons (Fsp3) is 0.909. The quantitative estimate of drug-likeness (QED) is 0.221. The maximum atomic E-state index is 12.2. The highest BCUT2D eigenvalue weighted by Gasteiger charge is 2.39. The van der Waals surface area contributed by atoms with E-state index in [-0.39, 0.29) is 36.3 Å². The summed E-state index contributed by atoms with van der Waals surface area (Å²) < 4.78 is 0. The van der Waals surface area contributed by atoms with E-state index in [1.54, 1.807) is 0 Å². The summed E-state index contributed by atoms with van der Waals surface area (Å²) in [5, 5.41) is 10.3. The third-order valence-corrected chi connectivity index (χ3v) is 7.93. The lowest BCUT2D eigenvalue weighted by Gasteiger charge is -2.41. The van der Waals surface area contributed by atoms with Crippen molar-refractivity contribution in [2.24, 2.45) is 17.8 Å². The Labute approximate surface area is 195 Å². The summed E-state index contributed by atoms with van der Waals surface area (Å²) in [6.07, 6.45) is 11.0. The van der Waals surface area contributed by atoms with E-state index in [4.69, 9.17) is 16.4 Å². The van der Waals surface area contributed by atoms with Crippen LogP contribution in [0, 0.1) is 17.8 Å². The summed E-state index contributed by atoms with van der Waals surface area (Å²) in [4.78, 5) is 29.9. The van der Waals surface area contributed by atoms with Gasteiger partial charge in [0.25, 0.3) is 0 Å². The Kier molecular flexibility index (Phi) is 9.02. The zero-order chi connectivity index (χ0) is 22.3. The van der Waals surface area contributed by atoms with Crippen molar-refractivity contribution >= 4 is 23.4 Å². The summed E-state index contributed by atoms with van der Waals surface area (Å²) >= 11 is 6.20. The Hall–Kier alpha value is -0.970. The predicted molar refractivity (Wildman–Crippen MR) is 122 cm³/mol. The van der Waals surface area contributed by atoms with Crippen LogP contribution in [0.15, 0.2) is 0 Å². The molecule has 10 heteroatoms. The normalized spacial score (nSPS) is 37.5. The Morgan fingerprint density at radius 1 is 1.09 bits per heavy atom. The lowest BCUT2D eigenvalue weighted by molar-refractivity contribution is -0.134. The van der Waals surface area contributed by atoms with Crippen molar-refractivity contribution in [3.8, 4) is 0 Å². The van der Waals surface area contributed by atoms with Crippen molar-refractivity contribution in [1.29, 1.82) is 0 Å². The third kappa shape index (κ3) is 6.55. The maximum Gasteiger partial charge on any atom is 0.237 e. The van der Waals surface area contributed by atoms with Crippen molar-refractivity contribution in [3.05, 3.63) is 0 Å². The Bertz CT molecular complexity index is 633. The molecule has 5 unspecified atom stereocenters. The van der Waals surface area contributed by atoms with E-state index in [1.807, 2.05) is 0 Å². The SMILES string of the molecule is O=C(CCCC1NC(C2CCC(Cl)CC2)NO1)NCCNC1NNC(=O)C2CCCCC12. The molecule has 5 atom stereocenters. The van der Waals surface area contributed by atoms with E-state index in [9.17, 15) is 9.59 Å². The molecule has 0 aromatic heterocycles. The van der Waals surface area contributed by atoms with Gasteiger partial charge in [-0.15, -0.1) is 11.6 Å². The van der Waals surface area contributed by atoms with E-state index in [0.717, 1.165) is 57.8 Å². The fourth-order valence-electron chi connectivity index (χ4n) is 5.61. The molecule has 4 rings (SSSR count). The molecule has 0 spiro atoms. The number of amides is 2. The molecule has 9 nitrogen and oxygen atoms in total. The van der Waals surface area contributed by atoms with Gasteiger partial charge in [-0.05, 0) is 57.3 Å². The standard InChI is InChI=1S/C22H39ClN6O3/c23-15-10-8-14(9-11-15)20-26-19(32-29-20)7-3-6-18(30)24-12-13-25-21-16-4-1-2-5-17(16)22(31)28-27-21/h14-17,19-21,25-27,29H,1-13H2,(H,24,30)(H,28,31). The number of hydrogen-bond acceptors (Lipinski definition) is 7. The van der Waals surface area contributed by atoms with Crippen LogP contribution in [0.2, 0.25) is 0 Å². The van der Waals surface area contributed by atoms with Crippen LogP contribution < -0.4 is 32.3 Å². The van der Waals surface area contributed by atoms with Gasteiger partial charge in [0.05, 0.1) is 12.3 Å². The molecule has 2 heterocycles. The number of carbonyl (C=O) groups is 2. The molecular formula is C22H39ClN6O3. The number of carbonyl (C=O) groups excluding carboxylic acids is 2. The molecule has 4 aliphatic rings. The molecule has 6 N–H and O–H groups in total. The van der Waals surface area contributed by atoms with E-state index < -0.39 is 0 Å². The van der Waals surface area contributed by atoms with Crippen LogP contribution in [0.4, 0.5) is 0 Å². The molecule has 0 radical (unpaired) electrons. The molecule has 0 aromatic rings. The van der Waals surface area contributed by atoms with Gasteiger partial charge >= 0.3 is 0 Å². The zero-order valence-electron chi connectivity index (χ0n) is 18.8. The fourth-order valence-corrected chi connectivity index (χ4v) is 5.86. The number of hydrogen-bond donors (Lipinski definition) is 6. The summed E-state index contributed by atoms with van der Waals surface area (Å²) in [5.74, 6) is 1.17. The van der Waals surface area contributed by atoms with Crippen molar-refractivity contribution < 1.29 is 14.4 Å². The Balaban J connectivity index is 1.05. The molecule has 4 fully saturated rings. The van der Waals surface area contributed by atoms with Gasteiger partial charge in [-0.1, -0.05) is 12.8 Å². The van der Waals surface area contributed by atoms with Crippen LogP contribution in [-0.4, -0.2) is 48.8 Å². The van der Waals surface area contributed by atoms with Crippen molar-refractivity contribution in [3.63, 3.8) is 0 Å². The third-order valence-electron chi connectivity index (χ3n) is 7.49. The van der Waals surface area contributed by atoms with Gasteiger partial charge in [0.15, 0.2) is 0 Å². The molecule has 0 aromatic carbocycles. The predicted octanol–water partition coefficient (Wildman–Crippen LogP) is 1.20. The van der Waals surface area contributed by atoms with Crippen LogP contribution in [0.25, 0.3) is 0 Å². The van der Waals surface area contributed by atoms with E-state index in [2.05, 4.69) is 32.3 Å². The Morgan fingerprint density at radius 2 is 1.91 bits per heavy atom. The molecule has 2 aliphatic heterocycles. The minimum Gasteiger partial charge on any atom is -0.355 e. The number of rotatable bonds is 9. The number of alkyl halides is 1. The van der Waals surface area contributed by atoms with Crippen LogP contribution in [-0.2, 0) is 14.4 Å². The highest BCUT2D eigenvalue weighted by atomic mass is 35.5. The second kappa shape index (κ2) is 11.9. The first-order chi connectivity index (χ1) is 15.6. The number of fused-ring (bicyclic) bond motifs is 1. The molecule has 2 amide bonds. The molecule has 2 aliphatic carbocycles. The largest absolute Gasteiger partial charge is 0.355 e. The second-order valence-corrected chi connectivity index (χ2v) is 10.4. The van der Waals surface area contributed by atoms with Gasteiger partial charge in [-0.25, -0.2) is 5.43 Å². The maximum absolute atomic E-state index is 12.2. The number of hydrazine groups is 1. The number of nitrogens with one attached hydrogen (secondary N) is 6. The van der Waals surface area contributed by atoms with E-state index >= 15 is 0 Å². The first-order valence-electron chi connectivity index (χ1n) is 12.5. The minimum atomic E-state index is -0.0424.